The Morgan fingerprint density at radius 2 is 2.12 bits per heavy atom. The van der Waals surface area contributed by atoms with Crippen molar-refractivity contribution in [1.29, 1.82) is 0 Å². The molecule has 2 heterocycles. The Bertz CT molecular complexity index is 274. The van der Waals surface area contributed by atoms with E-state index in [2.05, 4.69) is 0 Å². The van der Waals surface area contributed by atoms with Gasteiger partial charge < -0.3 is 4.90 Å². The van der Waals surface area contributed by atoms with Gasteiger partial charge in [-0.3, -0.25) is 9.59 Å². The summed E-state index contributed by atoms with van der Waals surface area (Å²) in [4.78, 5) is 25.0. The lowest BCUT2D eigenvalue weighted by molar-refractivity contribution is -0.138. The van der Waals surface area contributed by atoms with Crippen molar-refractivity contribution in [2.24, 2.45) is 5.92 Å². The number of carbonyl (C=O) groups is 2. The second-order valence-electron chi connectivity index (χ2n) is 4.72. The van der Waals surface area contributed by atoms with Gasteiger partial charge in [-0.15, -0.1) is 0 Å². The van der Waals surface area contributed by atoms with Crippen LogP contribution in [-0.4, -0.2) is 41.2 Å². The molecule has 0 spiro atoms. The van der Waals surface area contributed by atoms with Gasteiger partial charge in [0.1, 0.15) is 0 Å². The minimum atomic E-state index is 0.199. The molecular weight excluding hydrogens is 222 g/mol. The standard InChI is InChI=1S/C12H19NO2S/c14-11-2-1-5-13(9-11)12(15)8-10-3-6-16-7-4-10/h10H,1-9H2. The molecule has 2 aliphatic rings. The minimum absolute atomic E-state index is 0.199. The number of nitrogens with zero attached hydrogens (tertiary/aromatic N) is 1. The highest BCUT2D eigenvalue weighted by molar-refractivity contribution is 7.99. The molecule has 0 aliphatic carbocycles. The number of thioether (sulfide) groups is 1. The maximum atomic E-state index is 12.0. The predicted octanol–water partition coefficient (Wildman–Crippen LogP) is 1.71. The molecular formula is C12H19NO2S. The van der Waals surface area contributed by atoms with E-state index in [4.69, 9.17) is 0 Å². The highest BCUT2D eigenvalue weighted by Crippen LogP contribution is 2.26. The summed E-state index contributed by atoms with van der Waals surface area (Å²) >= 11 is 1.98. The Morgan fingerprint density at radius 3 is 2.81 bits per heavy atom. The molecule has 1 amide bonds. The normalized spacial score (nSPS) is 23.5. The van der Waals surface area contributed by atoms with Crippen molar-refractivity contribution in [3.05, 3.63) is 0 Å². The molecule has 0 bridgehead atoms. The van der Waals surface area contributed by atoms with Crippen molar-refractivity contribution in [2.45, 2.75) is 32.1 Å². The largest absolute Gasteiger partial charge is 0.335 e. The van der Waals surface area contributed by atoms with Crippen molar-refractivity contribution in [3.63, 3.8) is 0 Å². The summed E-state index contributed by atoms with van der Waals surface area (Å²) in [7, 11) is 0. The molecule has 16 heavy (non-hydrogen) atoms. The van der Waals surface area contributed by atoms with Gasteiger partial charge in [0.15, 0.2) is 5.78 Å². The van der Waals surface area contributed by atoms with Crippen molar-refractivity contribution < 1.29 is 9.59 Å². The third kappa shape index (κ3) is 3.24. The van der Waals surface area contributed by atoms with Crippen molar-refractivity contribution in [2.75, 3.05) is 24.6 Å². The zero-order valence-corrected chi connectivity index (χ0v) is 10.4. The highest BCUT2D eigenvalue weighted by atomic mass is 32.2. The van der Waals surface area contributed by atoms with Gasteiger partial charge in [-0.05, 0) is 36.7 Å². The second kappa shape index (κ2) is 5.71. The smallest absolute Gasteiger partial charge is 0.223 e. The lowest BCUT2D eigenvalue weighted by atomic mass is 9.97. The van der Waals surface area contributed by atoms with E-state index in [0.717, 1.165) is 25.8 Å². The molecule has 0 radical (unpaired) electrons. The van der Waals surface area contributed by atoms with Crippen LogP contribution in [0.2, 0.25) is 0 Å². The summed E-state index contributed by atoms with van der Waals surface area (Å²) in [5.74, 6) is 3.36. The van der Waals surface area contributed by atoms with E-state index in [0.29, 0.717) is 25.3 Å². The summed E-state index contributed by atoms with van der Waals surface area (Å²) in [6.45, 7) is 1.15. The highest BCUT2D eigenvalue weighted by Gasteiger charge is 2.24. The van der Waals surface area contributed by atoms with Crippen LogP contribution in [0.25, 0.3) is 0 Å². The molecule has 0 atom stereocenters. The molecule has 0 unspecified atom stereocenters. The molecule has 90 valence electrons. The molecule has 2 aliphatic heterocycles. The molecule has 2 fully saturated rings. The molecule has 2 saturated heterocycles. The van der Waals surface area contributed by atoms with Crippen molar-refractivity contribution in [1.82, 2.24) is 4.90 Å². The van der Waals surface area contributed by atoms with Crippen LogP contribution in [0.3, 0.4) is 0 Å². The summed E-state index contributed by atoms with van der Waals surface area (Å²) < 4.78 is 0. The van der Waals surface area contributed by atoms with Gasteiger partial charge in [0, 0.05) is 19.4 Å². The van der Waals surface area contributed by atoms with Crippen LogP contribution in [0.15, 0.2) is 0 Å². The van der Waals surface area contributed by atoms with E-state index in [1.807, 2.05) is 11.8 Å². The van der Waals surface area contributed by atoms with Gasteiger partial charge in [-0.25, -0.2) is 0 Å². The van der Waals surface area contributed by atoms with E-state index in [1.54, 1.807) is 4.90 Å². The SMILES string of the molecule is O=C1CCCN(C(=O)CC2CCSCC2)C1. The Kier molecular flexibility index (Phi) is 4.27. The van der Waals surface area contributed by atoms with Crippen LogP contribution in [0.4, 0.5) is 0 Å². The summed E-state index contributed by atoms with van der Waals surface area (Å²) in [6, 6.07) is 0. The molecule has 0 aromatic rings. The van der Waals surface area contributed by atoms with Crippen LogP contribution in [0.1, 0.15) is 32.1 Å². The zero-order valence-electron chi connectivity index (χ0n) is 9.61. The number of amides is 1. The summed E-state index contributed by atoms with van der Waals surface area (Å²) in [5.41, 5.74) is 0. The first-order valence-electron chi connectivity index (χ1n) is 6.13. The molecule has 3 nitrogen and oxygen atoms in total. The molecule has 0 N–H and O–H groups in total. The van der Waals surface area contributed by atoms with Crippen LogP contribution < -0.4 is 0 Å². The summed E-state index contributed by atoms with van der Waals surface area (Å²) in [6.07, 6.45) is 4.50. The van der Waals surface area contributed by atoms with E-state index in [9.17, 15) is 9.59 Å². The quantitative estimate of drug-likeness (QED) is 0.738. The third-order valence-electron chi connectivity index (χ3n) is 3.41. The molecule has 0 aromatic carbocycles. The lowest BCUT2D eigenvalue weighted by Crippen LogP contribution is -2.41. The lowest BCUT2D eigenvalue weighted by Gasteiger charge is -2.28. The summed E-state index contributed by atoms with van der Waals surface area (Å²) in [5, 5.41) is 0. The number of hydrogen-bond donors (Lipinski definition) is 0. The molecule has 0 saturated carbocycles. The minimum Gasteiger partial charge on any atom is -0.335 e. The van der Waals surface area contributed by atoms with Gasteiger partial charge in [0.25, 0.3) is 0 Å². The number of piperidine rings is 1. The van der Waals surface area contributed by atoms with Crippen LogP contribution in [-0.2, 0) is 9.59 Å². The van der Waals surface area contributed by atoms with Crippen LogP contribution >= 0.6 is 11.8 Å². The number of rotatable bonds is 2. The fourth-order valence-electron chi connectivity index (χ4n) is 2.38. The van der Waals surface area contributed by atoms with Gasteiger partial charge >= 0.3 is 0 Å². The van der Waals surface area contributed by atoms with Gasteiger partial charge in [0.05, 0.1) is 6.54 Å². The number of carbonyl (C=O) groups excluding carboxylic acids is 2. The van der Waals surface area contributed by atoms with Crippen LogP contribution in [0, 0.1) is 5.92 Å². The van der Waals surface area contributed by atoms with Gasteiger partial charge in [0.2, 0.25) is 5.91 Å². The first kappa shape index (κ1) is 12.0. The van der Waals surface area contributed by atoms with Gasteiger partial charge in [-0.2, -0.15) is 11.8 Å². The number of hydrogen-bond acceptors (Lipinski definition) is 3. The Balaban J connectivity index is 1.79. The Morgan fingerprint density at radius 1 is 1.38 bits per heavy atom. The maximum Gasteiger partial charge on any atom is 0.223 e. The maximum absolute atomic E-state index is 12.0. The Labute approximate surface area is 101 Å². The monoisotopic (exact) mass is 241 g/mol. The number of ketones is 1. The molecule has 0 aromatic heterocycles. The first-order valence-corrected chi connectivity index (χ1v) is 7.28. The Hall–Kier alpha value is -0.510. The fraction of sp³-hybridized carbons (Fsp3) is 0.833. The molecule has 2 rings (SSSR count). The number of Topliss-reactive ketones (excluding diaryl/α,β-unsaturated/α-hetero) is 1. The fourth-order valence-corrected chi connectivity index (χ4v) is 3.58. The van der Waals surface area contributed by atoms with E-state index in [-0.39, 0.29) is 11.7 Å². The van der Waals surface area contributed by atoms with E-state index in [1.165, 1.54) is 11.5 Å². The third-order valence-corrected chi connectivity index (χ3v) is 4.46. The topological polar surface area (TPSA) is 37.4 Å². The zero-order chi connectivity index (χ0) is 11.4. The van der Waals surface area contributed by atoms with Gasteiger partial charge in [-0.1, -0.05) is 0 Å². The average molecular weight is 241 g/mol. The first-order chi connectivity index (χ1) is 7.75. The van der Waals surface area contributed by atoms with E-state index < -0.39 is 0 Å². The predicted molar refractivity (Wildman–Crippen MR) is 65.5 cm³/mol. The van der Waals surface area contributed by atoms with Crippen molar-refractivity contribution in [3.8, 4) is 0 Å². The second-order valence-corrected chi connectivity index (χ2v) is 5.94. The van der Waals surface area contributed by atoms with Crippen LogP contribution in [0.5, 0.6) is 0 Å². The average Bonchev–Trinajstić information content (AvgIpc) is 2.30. The molecule has 4 heteroatoms. The van der Waals surface area contributed by atoms with E-state index >= 15 is 0 Å². The number of likely N-dealkylation sites (tertiary alicyclic amines) is 1. The van der Waals surface area contributed by atoms with Crippen molar-refractivity contribution >= 4 is 23.5 Å².